The van der Waals surface area contributed by atoms with E-state index < -0.39 is 0 Å². The Kier molecular flexibility index (Phi) is 1.76. The van der Waals surface area contributed by atoms with Gasteiger partial charge in [-0.2, -0.15) is 0 Å². The first-order valence-corrected chi connectivity index (χ1v) is 4.93. The van der Waals surface area contributed by atoms with Crippen molar-refractivity contribution in [3.63, 3.8) is 0 Å². The van der Waals surface area contributed by atoms with E-state index in [0.29, 0.717) is 5.92 Å². The minimum atomic E-state index is -0.174. The van der Waals surface area contributed by atoms with E-state index >= 15 is 0 Å². The number of carbonyl (C=O) groups excluding carboxylic acids is 1. The van der Waals surface area contributed by atoms with E-state index in [9.17, 15) is 4.79 Å². The second-order valence-corrected chi connectivity index (χ2v) is 4.65. The summed E-state index contributed by atoms with van der Waals surface area (Å²) in [5, 5.41) is 0. The van der Waals surface area contributed by atoms with Crippen LogP contribution in [0.1, 0.15) is 33.1 Å². The molecule has 2 rings (SSSR count). The molecule has 2 heteroatoms. The van der Waals surface area contributed by atoms with Gasteiger partial charge in [0.2, 0.25) is 0 Å². The Labute approximate surface area is 79.0 Å². The van der Waals surface area contributed by atoms with Crippen LogP contribution in [-0.4, -0.2) is 11.6 Å². The van der Waals surface area contributed by atoms with Gasteiger partial charge >= 0.3 is 5.97 Å². The van der Waals surface area contributed by atoms with Crippen LogP contribution in [0.2, 0.25) is 0 Å². The molecule has 0 aromatic carbocycles. The molecule has 0 radical (unpaired) electrons. The lowest BCUT2D eigenvalue weighted by molar-refractivity contribution is -0.149. The van der Waals surface area contributed by atoms with Crippen molar-refractivity contribution in [2.24, 2.45) is 11.8 Å². The van der Waals surface area contributed by atoms with Crippen molar-refractivity contribution in [3.05, 3.63) is 12.2 Å². The minimum absolute atomic E-state index is 0.0260. The molecule has 3 atom stereocenters. The topological polar surface area (TPSA) is 26.3 Å². The lowest BCUT2D eigenvalue weighted by Crippen LogP contribution is -2.24. The van der Waals surface area contributed by atoms with Crippen LogP contribution >= 0.6 is 0 Å². The molecule has 1 saturated carbocycles. The fraction of sp³-hybridized carbons (Fsp3) is 0.727. The van der Waals surface area contributed by atoms with E-state index in [0.717, 1.165) is 19.3 Å². The second kappa shape index (κ2) is 2.60. The zero-order valence-electron chi connectivity index (χ0n) is 8.30. The summed E-state index contributed by atoms with van der Waals surface area (Å²) in [4.78, 5) is 11.3. The van der Waals surface area contributed by atoms with Gasteiger partial charge in [0.1, 0.15) is 5.60 Å². The van der Waals surface area contributed by atoms with Crippen LogP contribution < -0.4 is 0 Å². The summed E-state index contributed by atoms with van der Waals surface area (Å²) in [5.74, 6) is 0.568. The van der Waals surface area contributed by atoms with Crippen LogP contribution in [-0.2, 0) is 9.53 Å². The lowest BCUT2D eigenvalue weighted by atomic mass is 9.93. The van der Waals surface area contributed by atoms with Gasteiger partial charge in [0.15, 0.2) is 0 Å². The average molecular weight is 180 g/mol. The molecule has 1 spiro atoms. The maximum absolute atomic E-state index is 11.3. The van der Waals surface area contributed by atoms with Crippen molar-refractivity contribution >= 4 is 5.97 Å². The summed E-state index contributed by atoms with van der Waals surface area (Å²) in [6.07, 6.45) is 2.74. The Morgan fingerprint density at radius 1 is 1.38 bits per heavy atom. The third-order valence-electron chi connectivity index (χ3n) is 3.32. The van der Waals surface area contributed by atoms with Gasteiger partial charge in [-0.3, -0.25) is 4.79 Å². The van der Waals surface area contributed by atoms with Crippen LogP contribution in [0, 0.1) is 11.8 Å². The molecule has 2 fully saturated rings. The van der Waals surface area contributed by atoms with Crippen molar-refractivity contribution in [2.45, 2.75) is 38.7 Å². The minimum Gasteiger partial charge on any atom is -0.458 e. The van der Waals surface area contributed by atoms with E-state index in [1.54, 1.807) is 0 Å². The lowest BCUT2D eigenvalue weighted by Gasteiger charge is -2.20. The zero-order valence-corrected chi connectivity index (χ0v) is 8.30. The highest BCUT2D eigenvalue weighted by molar-refractivity contribution is 5.75. The monoisotopic (exact) mass is 180 g/mol. The van der Waals surface area contributed by atoms with Gasteiger partial charge in [0.05, 0.1) is 5.92 Å². The van der Waals surface area contributed by atoms with Crippen LogP contribution in [0.25, 0.3) is 0 Å². The molecule has 2 aliphatic rings. The molecule has 72 valence electrons. The predicted octanol–water partition coefficient (Wildman–Crippen LogP) is 2.29. The van der Waals surface area contributed by atoms with Crippen molar-refractivity contribution in [1.82, 2.24) is 0 Å². The summed E-state index contributed by atoms with van der Waals surface area (Å²) in [5.41, 5.74) is 1.06. The molecule has 0 bridgehead atoms. The number of carbonyl (C=O) groups is 1. The molecule has 1 heterocycles. The number of esters is 1. The molecular formula is C11H16O2. The number of ether oxygens (including phenoxy) is 1. The summed E-state index contributed by atoms with van der Waals surface area (Å²) >= 11 is 0. The Balaban J connectivity index is 2.17. The van der Waals surface area contributed by atoms with Gasteiger partial charge in [-0.15, -0.1) is 0 Å². The number of hydrogen-bond acceptors (Lipinski definition) is 2. The summed E-state index contributed by atoms with van der Waals surface area (Å²) < 4.78 is 5.46. The molecule has 1 aliphatic heterocycles. The van der Waals surface area contributed by atoms with E-state index in [-0.39, 0.29) is 17.5 Å². The quantitative estimate of drug-likeness (QED) is 0.422. The molecular weight excluding hydrogens is 164 g/mol. The SMILES string of the molecule is C=C1CC2(CC1C)CC(C)C(=O)O2. The maximum atomic E-state index is 11.3. The highest BCUT2D eigenvalue weighted by atomic mass is 16.6. The molecule has 0 N–H and O–H groups in total. The van der Waals surface area contributed by atoms with E-state index in [1.165, 1.54) is 5.57 Å². The van der Waals surface area contributed by atoms with E-state index in [4.69, 9.17) is 4.74 Å². The van der Waals surface area contributed by atoms with Gasteiger partial charge in [0, 0.05) is 12.8 Å². The average Bonchev–Trinajstić information content (AvgIpc) is 2.39. The standard InChI is InChI=1S/C11H16O2/c1-7-4-11(5-8(7)2)6-9(3)10(12)13-11/h8-9H,1,4-6H2,2-3H3. The maximum Gasteiger partial charge on any atom is 0.309 e. The van der Waals surface area contributed by atoms with Crippen molar-refractivity contribution in [3.8, 4) is 0 Å². The predicted molar refractivity (Wildman–Crippen MR) is 50.1 cm³/mol. The van der Waals surface area contributed by atoms with Gasteiger partial charge in [-0.1, -0.05) is 26.0 Å². The third-order valence-corrected chi connectivity index (χ3v) is 3.32. The summed E-state index contributed by atoms with van der Waals surface area (Å²) in [6.45, 7) is 8.12. The highest BCUT2D eigenvalue weighted by Crippen LogP contribution is 2.47. The molecule has 0 aromatic heterocycles. The van der Waals surface area contributed by atoms with Crippen molar-refractivity contribution in [1.29, 1.82) is 0 Å². The first-order chi connectivity index (χ1) is 6.02. The van der Waals surface area contributed by atoms with Crippen molar-refractivity contribution < 1.29 is 9.53 Å². The van der Waals surface area contributed by atoms with Gasteiger partial charge in [-0.25, -0.2) is 0 Å². The smallest absolute Gasteiger partial charge is 0.309 e. The van der Waals surface area contributed by atoms with Crippen molar-refractivity contribution in [2.75, 3.05) is 0 Å². The molecule has 0 aromatic rings. The third kappa shape index (κ3) is 1.28. The molecule has 3 unspecified atom stereocenters. The Morgan fingerprint density at radius 3 is 2.38 bits per heavy atom. The number of hydrogen-bond donors (Lipinski definition) is 0. The zero-order chi connectivity index (χ0) is 9.64. The van der Waals surface area contributed by atoms with Crippen LogP contribution in [0.5, 0.6) is 0 Å². The van der Waals surface area contributed by atoms with Crippen LogP contribution in [0.15, 0.2) is 12.2 Å². The molecule has 1 saturated heterocycles. The molecule has 2 nitrogen and oxygen atoms in total. The fourth-order valence-electron chi connectivity index (χ4n) is 2.59. The second-order valence-electron chi connectivity index (χ2n) is 4.65. The Bertz CT molecular complexity index is 239. The van der Waals surface area contributed by atoms with Crippen LogP contribution in [0.3, 0.4) is 0 Å². The Hall–Kier alpha value is -0.790. The van der Waals surface area contributed by atoms with Gasteiger partial charge < -0.3 is 4.74 Å². The van der Waals surface area contributed by atoms with Gasteiger partial charge in [-0.05, 0) is 12.3 Å². The summed E-state index contributed by atoms with van der Waals surface area (Å²) in [6, 6.07) is 0. The number of rotatable bonds is 0. The first kappa shape index (κ1) is 8.79. The molecule has 0 amide bonds. The van der Waals surface area contributed by atoms with E-state index in [1.807, 2.05) is 6.92 Å². The summed E-state index contributed by atoms with van der Waals surface area (Å²) in [7, 11) is 0. The molecule has 1 aliphatic carbocycles. The largest absolute Gasteiger partial charge is 0.458 e. The first-order valence-electron chi connectivity index (χ1n) is 4.93. The van der Waals surface area contributed by atoms with Crippen LogP contribution in [0.4, 0.5) is 0 Å². The van der Waals surface area contributed by atoms with E-state index in [2.05, 4.69) is 13.5 Å². The normalized spacial score (nSPS) is 44.5. The highest BCUT2D eigenvalue weighted by Gasteiger charge is 2.49. The molecule has 13 heavy (non-hydrogen) atoms. The van der Waals surface area contributed by atoms with Gasteiger partial charge in [0.25, 0.3) is 0 Å². The fourth-order valence-corrected chi connectivity index (χ4v) is 2.59. The Morgan fingerprint density at radius 2 is 2.00 bits per heavy atom.